The van der Waals surface area contributed by atoms with Crippen molar-refractivity contribution in [2.75, 3.05) is 6.61 Å². The van der Waals surface area contributed by atoms with Crippen molar-refractivity contribution in [2.24, 2.45) is 0 Å². The molecule has 0 amide bonds. The van der Waals surface area contributed by atoms with Gasteiger partial charge in [0.1, 0.15) is 0 Å². The van der Waals surface area contributed by atoms with Crippen molar-refractivity contribution in [3.63, 3.8) is 0 Å². The lowest BCUT2D eigenvalue weighted by molar-refractivity contribution is 0.00491. The Hall–Kier alpha value is -0.650. The minimum absolute atomic E-state index is 0.0137. The molecule has 2 rings (SSSR count). The van der Waals surface area contributed by atoms with Crippen LogP contribution in [0, 0.1) is 4.77 Å². The van der Waals surface area contributed by atoms with Gasteiger partial charge in [-0.3, -0.25) is 0 Å². The average molecular weight is 228 g/mol. The van der Waals surface area contributed by atoms with Crippen LogP contribution in [-0.2, 0) is 17.9 Å². The van der Waals surface area contributed by atoms with Gasteiger partial charge in [-0.25, -0.2) is 0 Å². The molecule has 15 heavy (non-hydrogen) atoms. The van der Waals surface area contributed by atoms with Crippen LogP contribution in [-0.4, -0.2) is 27.4 Å². The number of aliphatic hydroxyl groups is 1. The van der Waals surface area contributed by atoms with Crippen LogP contribution in [0.2, 0.25) is 0 Å². The average Bonchev–Trinajstić information content (AvgIpc) is 2.62. The Balaban J connectivity index is 2.08. The maximum absolute atomic E-state index is 9.13. The lowest BCUT2D eigenvalue weighted by Gasteiger charge is -2.23. The highest BCUT2D eigenvalue weighted by Crippen LogP contribution is 2.15. The lowest BCUT2D eigenvalue weighted by atomic mass is 10.1. The third-order valence-electron chi connectivity index (χ3n) is 2.78. The van der Waals surface area contributed by atoms with Gasteiger partial charge in [-0.2, -0.15) is 0 Å². The Bertz CT molecular complexity index is 366. The Morgan fingerprint density at radius 2 is 2.47 bits per heavy atom. The molecule has 1 aliphatic heterocycles. The normalized spacial score (nSPS) is 21.8. The number of hydrogen-bond donors (Lipinski definition) is 2. The molecule has 0 spiro atoms. The molecular formula is C10H16N2O2S. The third-order valence-corrected chi connectivity index (χ3v) is 3.11. The Kier molecular flexibility index (Phi) is 3.56. The molecule has 4 nitrogen and oxygen atoms in total. The van der Waals surface area contributed by atoms with Crippen LogP contribution in [0.25, 0.3) is 0 Å². The van der Waals surface area contributed by atoms with Gasteiger partial charge in [-0.15, -0.1) is 0 Å². The van der Waals surface area contributed by atoms with Crippen molar-refractivity contribution in [2.45, 2.75) is 38.5 Å². The van der Waals surface area contributed by atoms with Gasteiger partial charge in [0.2, 0.25) is 0 Å². The van der Waals surface area contributed by atoms with E-state index in [1.165, 1.54) is 6.42 Å². The summed E-state index contributed by atoms with van der Waals surface area (Å²) in [7, 11) is 0. The summed E-state index contributed by atoms with van der Waals surface area (Å²) in [6.45, 7) is 1.61. The number of hydrogen-bond acceptors (Lipinski definition) is 3. The first-order valence-electron chi connectivity index (χ1n) is 5.31. The number of nitrogens with one attached hydrogen (secondary N) is 1. The molecule has 5 heteroatoms. The molecule has 2 heterocycles. The Labute approximate surface area is 93.9 Å². The van der Waals surface area contributed by atoms with Gasteiger partial charge in [0.05, 0.1) is 24.9 Å². The molecule has 1 aromatic heterocycles. The Morgan fingerprint density at radius 3 is 3.13 bits per heavy atom. The van der Waals surface area contributed by atoms with E-state index in [9.17, 15) is 0 Å². The van der Waals surface area contributed by atoms with Crippen molar-refractivity contribution in [1.82, 2.24) is 9.55 Å². The zero-order valence-corrected chi connectivity index (χ0v) is 9.42. The van der Waals surface area contributed by atoms with E-state index < -0.39 is 0 Å². The van der Waals surface area contributed by atoms with Crippen molar-refractivity contribution < 1.29 is 9.84 Å². The topological polar surface area (TPSA) is 50.2 Å². The van der Waals surface area contributed by atoms with E-state index in [1.807, 2.05) is 4.57 Å². The van der Waals surface area contributed by atoms with Crippen LogP contribution in [0.3, 0.4) is 0 Å². The second-order valence-corrected chi connectivity index (χ2v) is 4.23. The fourth-order valence-corrected chi connectivity index (χ4v) is 2.17. The summed E-state index contributed by atoms with van der Waals surface area (Å²) in [5.74, 6) is 0. The molecule has 1 fully saturated rings. The van der Waals surface area contributed by atoms with Gasteiger partial charge in [-0.1, -0.05) is 0 Å². The first-order chi connectivity index (χ1) is 7.31. The summed E-state index contributed by atoms with van der Waals surface area (Å²) < 4.78 is 8.23. The van der Waals surface area contributed by atoms with Crippen LogP contribution in [0.1, 0.15) is 25.0 Å². The summed E-state index contributed by atoms with van der Waals surface area (Å²) in [6, 6.07) is 0. The van der Waals surface area contributed by atoms with E-state index in [-0.39, 0.29) is 12.7 Å². The largest absolute Gasteiger partial charge is 0.390 e. The molecule has 1 atom stereocenters. The van der Waals surface area contributed by atoms with Gasteiger partial charge in [0.25, 0.3) is 0 Å². The zero-order chi connectivity index (χ0) is 10.7. The number of aliphatic hydroxyl groups excluding tert-OH is 1. The smallest absolute Gasteiger partial charge is 0.177 e. The SMILES string of the molecule is OCc1c[nH]c(=S)n1CC1CCCCO1. The van der Waals surface area contributed by atoms with Gasteiger partial charge in [-0.05, 0) is 31.5 Å². The molecule has 1 aliphatic rings. The predicted octanol–water partition coefficient (Wildman–Crippen LogP) is 1.61. The van der Waals surface area contributed by atoms with Crippen molar-refractivity contribution in [3.05, 3.63) is 16.7 Å². The van der Waals surface area contributed by atoms with Crippen molar-refractivity contribution in [1.29, 1.82) is 0 Å². The third kappa shape index (κ3) is 2.48. The molecule has 1 aromatic rings. The lowest BCUT2D eigenvalue weighted by Crippen LogP contribution is -2.25. The van der Waals surface area contributed by atoms with Crippen LogP contribution >= 0.6 is 12.2 Å². The van der Waals surface area contributed by atoms with E-state index in [2.05, 4.69) is 4.98 Å². The highest BCUT2D eigenvalue weighted by molar-refractivity contribution is 7.71. The molecular weight excluding hydrogens is 212 g/mol. The van der Waals surface area contributed by atoms with Crippen LogP contribution in [0.5, 0.6) is 0 Å². The quantitative estimate of drug-likeness (QED) is 0.773. The summed E-state index contributed by atoms with van der Waals surface area (Å²) >= 11 is 5.15. The fraction of sp³-hybridized carbons (Fsp3) is 0.700. The minimum atomic E-state index is 0.0137. The number of rotatable bonds is 3. The summed E-state index contributed by atoms with van der Waals surface area (Å²) in [5, 5.41) is 9.13. The molecule has 0 saturated carbocycles. The van der Waals surface area contributed by atoms with E-state index in [0.29, 0.717) is 4.77 Å². The standard InChI is InChI=1S/C10H16N2O2S/c13-7-8-5-11-10(15)12(8)6-9-3-1-2-4-14-9/h5,9,13H,1-4,6-7H2,(H,11,15). The summed E-state index contributed by atoms with van der Waals surface area (Å²) in [4.78, 5) is 2.94. The number of ether oxygens (including phenoxy) is 1. The Morgan fingerprint density at radius 1 is 1.60 bits per heavy atom. The monoisotopic (exact) mass is 228 g/mol. The second kappa shape index (κ2) is 4.92. The summed E-state index contributed by atoms with van der Waals surface area (Å²) in [5.41, 5.74) is 0.828. The molecule has 0 radical (unpaired) electrons. The molecule has 84 valence electrons. The molecule has 0 aromatic carbocycles. The molecule has 0 aliphatic carbocycles. The number of H-pyrrole nitrogens is 1. The van der Waals surface area contributed by atoms with Gasteiger partial charge in [0.15, 0.2) is 4.77 Å². The van der Waals surface area contributed by atoms with Crippen LogP contribution in [0.15, 0.2) is 6.20 Å². The second-order valence-electron chi connectivity index (χ2n) is 3.84. The fourth-order valence-electron chi connectivity index (χ4n) is 1.92. The van der Waals surface area contributed by atoms with E-state index in [4.69, 9.17) is 22.1 Å². The number of imidazole rings is 1. The molecule has 2 N–H and O–H groups in total. The number of aromatic nitrogens is 2. The van der Waals surface area contributed by atoms with Crippen molar-refractivity contribution >= 4 is 12.2 Å². The van der Waals surface area contributed by atoms with Crippen LogP contribution in [0.4, 0.5) is 0 Å². The summed E-state index contributed by atoms with van der Waals surface area (Å²) in [6.07, 6.45) is 5.45. The van der Waals surface area contributed by atoms with Gasteiger partial charge < -0.3 is 19.4 Å². The molecule has 1 unspecified atom stereocenters. The predicted molar refractivity (Wildman–Crippen MR) is 59.1 cm³/mol. The highest BCUT2D eigenvalue weighted by Gasteiger charge is 2.16. The number of aromatic amines is 1. The molecule has 1 saturated heterocycles. The van der Waals surface area contributed by atoms with E-state index in [1.54, 1.807) is 6.20 Å². The van der Waals surface area contributed by atoms with Crippen molar-refractivity contribution in [3.8, 4) is 0 Å². The first kappa shape index (κ1) is 10.9. The van der Waals surface area contributed by atoms with Gasteiger partial charge in [0, 0.05) is 12.8 Å². The maximum Gasteiger partial charge on any atom is 0.177 e. The van der Waals surface area contributed by atoms with E-state index >= 15 is 0 Å². The minimum Gasteiger partial charge on any atom is -0.390 e. The van der Waals surface area contributed by atoms with Gasteiger partial charge >= 0.3 is 0 Å². The van der Waals surface area contributed by atoms with Crippen LogP contribution < -0.4 is 0 Å². The maximum atomic E-state index is 9.13. The first-order valence-corrected chi connectivity index (χ1v) is 5.71. The number of nitrogens with zero attached hydrogens (tertiary/aromatic N) is 1. The van der Waals surface area contributed by atoms with E-state index in [0.717, 1.165) is 31.7 Å². The highest BCUT2D eigenvalue weighted by atomic mass is 32.1. The zero-order valence-electron chi connectivity index (χ0n) is 8.61. The molecule has 0 bridgehead atoms.